The van der Waals surface area contributed by atoms with Crippen molar-refractivity contribution in [1.82, 2.24) is 9.80 Å². The van der Waals surface area contributed by atoms with E-state index in [0.717, 1.165) is 4.90 Å². The number of nitrogens with zero attached hydrogens (tertiary/aromatic N) is 2. The van der Waals surface area contributed by atoms with Gasteiger partial charge in [0.1, 0.15) is 0 Å². The van der Waals surface area contributed by atoms with Gasteiger partial charge in [0.25, 0.3) is 0 Å². The Morgan fingerprint density at radius 3 is 1.58 bits per heavy atom. The largest absolute Gasteiger partial charge is 0.480 e. The summed E-state index contributed by atoms with van der Waals surface area (Å²) >= 11 is 0. The molecule has 12 heteroatoms. The summed E-state index contributed by atoms with van der Waals surface area (Å²) in [6.45, 7) is -10.4. The van der Waals surface area contributed by atoms with Crippen molar-refractivity contribution < 1.29 is 54.6 Å². The Morgan fingerprint density at radius 2 is 1.12 bits per heavy atom. The van der Waals surface area contributed by atoms with Crippen LogP contribution in [0.5, 0.6) is 0 Å². The molecule has 26 heavy (non-hydrogen) atoms. The minimum Gasteiger partial charge on any atom is -0.480 e. The summed E-state index contributed by atoms with van der Waals surface area (Å²) in [4.78, 5) is 44.3. The molecule has 150 valence electrons. The lowest BCUT2D eigenvalue weighted by atomic mass is 10.4. The van der Waals surface area contributed by atoms with Crippen molar-refractivity contribution in [2.24, 2.45) is 0 Å². The quantitative estimate of drug-likeness (QED) is 0.203. The smallest absolute Gasteiger partial charge is 0.317 e. The molecule has 0 aromatic carbocycles. The Hall–Kier alpha value is -2.28. The second-order valence-corrected chi connectivity index (χ2v) is 4.82. The minimum absolute atomic E-state index is 0.0582. The second-order valence-electron chi connectivity index (χ2n) is 4.82. The van der Waals surface area contributed by atoms with Gasteiger partial charge in [0.15, 0.2) is 0 Å². The van der Waals surface area contributed by atoms with Gasteiger partial charge in [-0.05, 0) is 0 Å². The van der Waals surface area contributed by atoms with E-state index in [2.05, 4.69) is 0 Å². The standard InChI is InChI=1S/C14H24N2O10/c17-11(18)7-15(8-12(19)20)1-3-25-5-6-26-4-2-16(9-13(21)22)10-14(23)24/h1-10H2,(H,17,18)(H,19,20)(H,21,22)(H,23,24)/i1D2,3D2. The van der Waals surface area contributed by atoms with E-state index in [1.807, 2.05) is 0 Å². The molecule has 0 aliphatic rings. The fraction of sp³-hybridized carbons (Fsp3) is 0.714. The summed E-state index contributed by atoms with van der Waals surface area (Å²) in [7, 11) is 0. The zero-order valence-electron chi connectivity index (χ0n) is 17.8. The number of carboxylic acids is 4. The average molecular weight is 384 g/mol. The van der Waals surface area contributed by atoms with Crippen molar-refractivity contribution in [2.75, 3.05) is 65.6 Å². The molecule has 12 nitrogen and oxygen atoms in total. The molecule has 0 bridgehead atoms. The summed E-state index contributed by atoms with van der Waals surface area (Å²) in [5.41, 5.74) is 0. The van der Waals surface area contributed by atoms with Crippen molar-refractivity contribution in [3.05, 3.63) is 0 Å². The molecule has 0 amide bonds. The molecule has 0 saturated carbocycles. The van der Waals surface area contributed by atoms with Gasteiger partial charge in [-0.2, -0.15) is 0 Å². The molecule has 0 heterocycles. The summed E-state index contributed by atoms with van der Waals surface area (Å²) in [5, 5.41) is 35.0. The number of rotatable bonds is 17. The molecular formula is C14H24N2O10. The molecule has 0 aromatic rings. The Morgan fingerprint density at radius 1 is 0.692 bits per heavy atom. The van der Waals surface area contributed by atoms with E-state index in [-0.39, 0.29) is 24.7 Å². The van der Waals surface area contributed by atoms with Crippen molar-refractivity contribution >= 4 is 23.9 Å². The highest BCUT2D eigenvalue weighted by Gasteiger charge is 2.14. The molecule has 0 atom stereocenters. The van der Waals surface area contributed by atoms with E-state index < -0.39 is 69.7 Å². The number of ether oxygens (including phenoxy) is 2. The Balaban J connectivity index is 4.64. The van der Waals surface area contributed by atoms with Gasteiger partial charge >= 0.3 is 23.9 Å². The lowest BCUT2D eigenvalue weighted by Gasteiger charge is -2.18. The molecule has 0 aliphatic carbocycles. The number of hydrogen-bond donors (Lipinski definition) is 4. The number of carboxylic acid groups (broad SMARTS) is 4. The first-order valence-electron chi connectivity index (χ1n) is 9.25. The summed E-state index contributed by atoms with van der Waals surface area (Å²) in [6.07, 6.45) is 0. The summed E-state index contributed by atoms with van der Waals surface area (Å²) < 4.78 is 40.8. The van der Waals surface area contributed by atoms with Crippen LogP contribution in [0.25, 0.3) is 0 Å². The van der Waals surface area contributed by atoms with Crippen LogP contribution in [0.4, 0.5) is 0 Å². The third-order valence-corrected chi connectivity index (χ3v) is 2.53. The van der Waals surface area contributed by atoms with Crippen LogP contribution >= 0.6 is 0 Å². The van der Waals surface area contributed by atoms with Gasteiger partial charge in [-0.15, -0.1) is 0 Å². The highest BCUT2D eigenvalue weighted by Crippen LogP contribution is 1.92. The predicted octanol–water partition coefficient (Wildman–Crippen LogP) is -2.04. The van der Waals surface area contributed by atoms with Crippen LogP contribution in [0.1, 0.15) is 5.48 Å². The summed E-state index contributed by atoms with van der Waals surface area (Å²) in [6, 6.07) is 0. The van der Waals surface area contributed by atoms with E-state index in [0.29, 0.717) is 0 Å². The van der Waals surface area contributed by atoms with Gasteiger partial charge in [0.2, 0.25) is 0 Å². The highest BCUT2D eigenvalue weighted by molar-refractivity contribution is 5.73. The van der Waals surface area contributed by atoms with Crippen LogP contribution in [0, 0.1) is 0 Å². The van der Waals surface area contributed by atoms with E-state index >= 15 is 0 Å². The predicted molar refractivity (Wildman–Crippen MR) is 85.1 cm³/mol. The molecule has 0 aromatic heterocycles. The van der Waals surface area contributed by atoms with Crippen LogP contribution in [-0.2, 0) is 28.7 Å². The first kappa shape index (κ1) is 17.1. The average Bonchev–Trinajstić information content (AvgIpc) is 2.55. The van der Waals surface area contributed by atoms with Gasteiger partial charge in [0.05, 0.1) is 55.3 Å². The molecule has 0 rings (SSSR count). The molecule has 0 saturated heterocycles. The van der Waals surface area contributed by atoms with Crippen LogP contribution in [0.15, 0.2) is 0 Å². The first-order chi connectivity index (χ1) is 13.7. The van der Waals surface area contributed by atoms with Crippen molar-refractivity contribution in [3.63, 3.8) is 0 Å². The zero-order valence-corrected chi connectivity index (χ0v) is 13.8. The van der Waals surface area contributed by atoms with Gasteiger partial charge in [-0.1, -0.05) is 0 Å². The van der Waals surface area contributed by atoms with Gasteiger partial charge in [-0.3, -0.25) is 29.0 Å². The topological polar surface area (TPSA) is 174 Å². The van der Waals surface area contributed by atoms with E-state index in [4.69, 9.17) is 35.4 Å². The lowest BCUT2D eigenvalue weighted by Crippen LogP contribution is -2.37. The SMILES string of the molecule is [2H]C([2H])(OCCOCCN(CC(=O)O)CC(=O)O)C([2H])([2H])N(CC(=O)O)CC(=O)O. The Bertz CT molecular complexity index is 588. The van der Waals surface area contributed by atoms with Gasteiger partial charge < -0.3 is 29.9 Å². The van der Waals surface area contributed by atoms with E-state index in [1.54, 1.807) is 0 Å². The monoisotopic (exact) mass is 384 g/mol. The molecular weight excluding hydrogens is 356 g/mol. The van der Waals surface area contributed by atoms with Gasteiger partial charge in [-0.25, -0.2) is 0 Å². The Kier molecular flexibility index (Phi) is 9.20. The number of aliphatic carboxylic acids is 4. The van der Waals surface area contributed by atoms with E-state index in [9.17, 15) is 19.2 Å². The van der Waals surface area contributed by atoms with Gasteiger partial charge in [0, 0.05) is 15.8 Å². The third-order valence-electron chi connectivity index (χ3n) is 2.53. The Labute approximate surface area is 155 Å². The van der Waals surface area contributed by atoms with Crippen molar-refractivity contribution in [2.45, 2.75) is 0 Å². The second kappa shape index (κ2) is 13.9. The maximum atomic E-state index is 10.8. The molecule has 0 unspecified atom stereocenters. The normalized spacial score (nSPS) is 14.4. The summed E-state index contributed by atoms with van der Waals surface area (Å²) in [5.74, 6) is -5.59. The molecule has 0 radical (unpaired) electrons. The van der Waals surface area contributed by atoms with Crippen LogP contribution < -0.4 is 0 Å². The third kappa shape index (κ3) is 15.3. The molecule has 4 N–H and O–H groups in total. The maximum Gasteiger partial charge on any atom is 0.317 e. The number of carbonyl (C=O) groups is 4. The number of hydrogen-bond acceptors (Lipinski definition) is 8. The minimum atomic E-state index is -3.11. The van der Waals surface area contributed by atoms with Crippen LogP contribution in [-0.4, -0.2) is 120 Å². The van der Waals surface area contributed by atoms with E-state index in [1.165, 1.54) is 0 Å². The lowest BCUT2D eigenvalue weighted by molar-refractivity contribution is -0.144. The fourth-order valence-electron chi connectivity index (χ4n) is 1.60. The highest BCUT2D eigenvalue weighted by atomic mass is 16.5. The van der Waals surface area contributed by atoms with Crippen LogP contribution in [0.3, 0.4) is 0 Å². The van der Waals surface area contributed by atoms with Crippen LogP contribution in [0.2, 0.25) is 0 Å². The first-order valence-corrected chi connectivity index (χ1v) is 7.25. The zero-order chi connectivity index (χ0) is 23.5. The molecule has 0 fully saturated rings. The maximum absolute atomic E-state index is 10.8. The fourth-order valence-corrected chi connectivity index (χ4v) is 1.60. The van der Waals surface area contributed by atoms with Crippen molar-refractivity contribution in [1.29, 1.82) is 0 Å². The molecule has 0 spiro atoms. The van der Waals surface area contributed by atoms with Crippen molar-refractivity contribution in [3.8, 4) is 0 Å². The molecule has 0 aliphatic heterocycles.